The van der Waals surface area contributed by atoms with E-state index in [1.54, 1.807) is 15.8 Å². The minimum atomic E-state index is -0.768. The molecule has 8 heteroatoms. The van der Waals surface area contributed by atoms with E-state index < -0.39 is 5.60 Å². The van der Waals surface area contributed by atoms with Crippen LogP contribution in [-0.2, 0) is 11.3 Å². The third kappa shape index (κ3) is 4.90. The maximum Gasteiger partial charge on any atom is 0.276 e. The summed E-state index contributed by atoms with van der Waals surface area (Å²) < 4.78 is 6.92. The number of piperidine rings is 1. The van der Waals surface area contributed by atoms with Crippen molar-refractivity contribution < 1.29 is 14.6 Å². The highest BCUT2D eigenvalue weighted by molar-refractivity contribution is 5.91. The standard InChI is InChI=1S/C20H33N5O3/c26-19(24-10-12-28-13-11-24)18-15-25(22-21-18)16-20(27)6-8-23(9-7-20)14-17-4-2-1-3-5-17/h15,17,27H,1-14,16H2. The molecule has 0 spiro atoms. The Hall–Kier alpha value is -1.51. The van der Waals surface area contributed by atoms with Crippen LogP contribution in [0.2, 0.25) is 0 Å². The number of amides is 1. The maximum atomic E-state index is 12.5. The molecule has 1 N–H and O–H groups in total. The van der Waals surface area contributed by atoms with Crippen LogP contribution in [0.15, 0.2) is 6.20 Å². The Morgan fingerprint density at radius 2 is 1.86 bits per heavy atom. The van der Waals surface area contributed by atoms with Gasteiger partial charge in [0.05, 0.1) is 31.6 Å². The summed E-state index contributed by atoms with van der Waals surface area (Å²) >= 11 is 0. The molecule has 1 saturated carbocycles. The molecule has 1 aromatic heterocycles. The van der Waals surface area contributed by atoms with Crippen molar-refractivity contribution in [1.29, 1.82) is 0 Å². The van der Waals surface area contributed by atoms with Gasteiger partial charge in [0.2, 0.25) is 0 Å². The summed E-state index contributed by atoms with van der Waals surface area (Å²) in [5, 5.41) is 19.2. The van der Waals surface area contributed by atoms with E-state index in [0.717, 1.165) is 31.8 Å². The van der Waals surface area contributed by atoms with Gasteiger partial charge in [0.25, 0.3) is 5.91 Å². The Bertz CT molecular complexity index is 644. The molecule has 1 aliphatic carbocycles. The van der Waals surface area contributed by atoms with Gasteiger partial charge in [-0.05, 0) is 31.6 Å². The molecular weight excluding hydrogens is 358 g/mol. The van der Waals surface area contributed by atoms with E-state index in [0.29, 0.717) is 38.5 Å². The summed E-state index contributed by atoms with van der Waals surface area (Å²) in [6.07, 6.45) is 10.0. The summed E-state index contributed by atoms with van der Waals surface area (Å²) in [7, 11) is 0. The molecule has 0 aromatic carbocycles. The molecule has 3 fully saturated rings. The number of aromatic nitrogens is 3. The van der Waals surface area contributed by atoms with Crippen molar-refractivity contribution in [2.45, 2.75) is 57.1 Å². The van der Waals surface area contributed by atoms with Gasteiger partial charge in [0, 0.05) is 32.7 Å². The minimum absolute atomic E-state index is 0.108. The number of nitrogens with zero attached hydrogens (tertiary/aromatic N) is 5. The van der Waals surface area contributed by atoms with E-state index in [2.05, 4.69) is 15.2 Å². The molecule has 8 nitrogen and oxygen atoms in total. The molecule has 0 radical (unpaired) electrons. The fourth-order valence-corrected chi connectivity index (χ4v) is 4.75. The first-order valence-corrected chi connectivity index (χ1v) is 10.8. The molecule has 2 saturated heterocycles. The smallest absolute Gasteiger partial charge is 0.276 e. The predicted octanol–water partition coefficient (Wildman–Crippen LogP) is 1.16. The number of aliphatic hydroxyl groups is 1. The van der Waals surface area contributed by atoms with Crippen molar-refractivity contribution in [3.8, 4) is 0 Å². The number of morpholine rings is 1. The van der Waals surface area contributed by atoms with Crippen LogP contribution >= 0.6 is 0 Å². The van der Waals surface area contributed by atoms with Gasteiger partial charge in [-0.2, -0.15) is 0 Å². The minimum Gasteiger partial charge on any atom is -0.388 e. The lowest BCUT2D eigenvalue weighted by Crippen LogP contribution is -2.48. The molecule has 1 aromatic rings. The fraction of sp³-hybridized carbons (Fsp3) is 0.850. The molecular formula is C20H33N5O3. The lowest BCUT2D eigenvalue weighted by molar-refractivity contribution is -0.0400. The SMILES string of the molecule is O=C(c1cn(CC2(O)CCN(CC3CCCCC3)CC2)nn1)N1CCOCC1. The Morgan fingerprint density at radius 3 is 2.57 bits per heavy atom. The molecule has 0 atom stereocenters. The van der Waals surface area contributed by atoms with Crippen molar-refractivity contribution in [1.82, 2.24) is 24.8 Å². The molecule has 4 rings (SSSR count). The third-order valence-electron chi connectivity index (χ3n) is 6.54. The number of carbonyl (C=O) groups excluding carboxylic acids is 1. The Kier molecular flexibility index (Phi) is 6.28. The van der Waals surface area contributed by atoms with Crippen LogP contribution in [0.4, 0.5) is 0 Å². The molecule has 156 valence electrons. The molecule has 0 bridgehead atoms. The van der Waals surface area contributed by atoms with Crippen LogP contribution < -0.4 is 0 Å². The van der Waals surface area contributed by atoms with Gasteiger partial charge in [0.15, 0.2) is 5.69 Å². The van der Waals surface area contributed by atoms with E-state index in [1.807, 2.05) is 0 Å². The summed E-state index contributed by atoms with van der Waals surface area (Å²) in [4.78, 5) is 16.8. The van der Waals surface area contributed by atoms with Crippen molar-refractivity contribution in [2.24, 2.45) is 5.92 Å². The van der Waals surface area contributed by atoms with Crippen LogP contribution in [0, 0.1) is 5.92 Å². The predicted molar refractivity (Wildman–Crippen MR) is 104 cm³/mol. The van der Waals surface area contributed by atoms with Gasteiger partial charge in [-0.15, -0.1) is 5.10 Å². The Labute approximate surface area is 166 Å². The summed E-state index contributed by atoms with van der Waals surface area (Å²) in [5.41, 5.74) is -0.420. The van der Waals surface area contributed by atoms with Crippen molar-refractivity contribution in [2.75, 3.05) is 45.9 Å². The molecule has 3 aliphatic rings. The monoisotopic (exact) mass is 391 g/mol. The summed E-state index contributed by atoms with van der Waals surface area (Å²) in [6, 6.07) is 0. The number of rotatable bonds is 5. The normalized spacial score (nSPS) is 24.4. The zero-order valence-electron chi connectivity index (χ0n) is 16.8. The first-order valence-electron chi connectivity index (χ1n) is 10.8. The zero-order valence-corrected chi connectivity index (χ0v) is 16.8. The molecule has 3 heterocycles. The van der Waals surface area contributed by atoms with E-state index in [9.17, 15) is 9.90 Å². The highest BCUT2D eigenvalue weighted by atomic mass is 16.5. The van der Waals surface area contributed by atoms with Gasteiger partial charge in [-0.3, -0.25) is 4.79 Å². The van der Waals surface area contributed by atoms with Crippen LogP contribution in [0.5, 0.6) is 0 Å². The average molecular weight is 392 g/mol. The second-order valence-electron chi connectivity index (χ2n) is 8.73. The van der Waals surface area contributed by atoms with E-state index in [4.69, 9.17) is 4.74 Å². The summed E-state index contributed by atoms with van der Waals surface area (Å²) in [5.74, 6) is 0.729. The van der Waals surface area contributed by atoms with E-state index >= 15 is 0 Å². The molecule has 28 heavy (non-hydrogen) atoms. The first kappa shape index (κ1) is 19.8. The van der Waals surface area contributed by atoms with E-state index in [1.165, 1.54) is 38.6 Å². The van der Waals surface area contributed by atoms with Crippen molar-refractivity contribution in [3.05, 3.63) is 11.9 Å². The second-order valence-corrected chi connectivity index (χ2v) is 8.73. The number of carbonyl (C=O) groups is 1. The zero-order chi connectivity index (χ0) is 19.4. The quantitative estimate of drug-likeness (QED) is 0.811. The van der Waals surface area contributed by atoms with Crippen LogP contribution in [0.3, 0.4) is 0 Å². The van der Waals surface area contributed by atoms with Gasteiger partial charge in [-0.25, -0.2) is 4.68 Å². The first-order chi connectivity index (χ1) is 13.6. The van der Waals surface area contributed by atoms with Gasteiger partial charge >= 0.3 is 0 Å². The second kappa shape index (κ2) is 8.88. The molecule has 2 aliphatic heterocycles. The highest BCUT2D eigenvalue weighted by Crippen LogP contribution is 2.28. The van der Waals surface area contributed by atoms with Crippen LogP contribution in [0.25, 0.3) is 0 Å². The van der Waals surface area contributed by atoms with Crippen LogP contribution in [0.1, 0.15) is 55.4 Å². The van der Waals surface area contributed by atoms with Crippen molar-refractivity contribution in [3.63, 3.8) is 0 Å². The van der Waals surface area contributed by atoms with E-state index in [-0.39, 0.29) is 5.91 Å². The van der Waals surface area contributed by atoms with Gasteiger partial charge in [-0.1, -0.05) is 24.5 Å². The van der Waals surface area contributed by atoms with Crippen LogP contribution in [-0.4, -0.2) is 87.3 Å². The Morgan fingerprint density at radius 1 is 1.14 bits per heavy atom. The topological polar surface area (TPSA) is 83.7 Å². The van der Waals surface area contributed by atoms with Crippen molar-refractivity contribution >= 4 is 5.91 Å². The average Bonchev–Trinajstić information content (AvgIpc) is 3.19. The Balaban J connectivity index is 1.27. The number of ether oxygens (including phenoxy) is 1. The third-order valence-corrected chi connectivity index (χ3v) is 6.54. The van der Waals surface area contributed by atoms with Gasteiger partial charge in [0.1, 0.15) is 0 Å². The molecule has 1 amide bonds. The summed E-state index contributed by atoms with van der Waals surface area (Å²) in [6.45, 7) is 5.75. The molecule has 0 unspecified atom stereocenters. The number of hydrogen-bond acceptors (Lipinski definition) is 6. The lowest BCUT2D eigenvalue weighted by atomic mass is 9.87. The highest BCUT2D eigenvalue weighted by Gasteiger charge is 2.34. The number of hydrogen-bond donors (Lipinski definition) is 1. The lowest BCUT2D eigenvalue weighted by Gasteiger charge is -2.39. The maximum absolute atomic E-state index is 12.5. The number of likely N-dealkylation sites (tertiary alicyclic amines) is 1. The van der Waals surface area contributed by atoms with Gasteiger partial charge < -0.3 is 19.6 Å². The largest absolute Gasteiger partial charge is 0.388 e. The fourth-order valence-electron chi connectivity index (χ4n) is 4.75.